The Morgan fingerprint density at radius 3 is 2.26 bits per heavy atom. The van der Waals surface area contributed by atoms with E-state index in [1.54, 1.807) is 0 Å². The third-order valence-electron chi connectivity index (χ3n) is 2.97. The van der Waals surface area contributed by atoms with Crippen LogP contribution in [0.25, 0.3) is 0 Å². The van der Waals surface area contributed by atoms with Crippen molar-refractivity contribution < 1.29 is 19.7 Å². The number of phenols is 1. The molecule has 0 amide bonds. The van der Waals surface area contributed by atoms with E-state index >= 15 is 0 Å². The number of carbonyl (C=O) groups is 1. The van der Waals surface area contributed by atoms with E-state index in [1.165, 1.54) is 30.3 Å². The second-order valence-electron chi connectivity index (χ2n) is 4.75. The smallest absolute Gasteiger partial charge is 0.320 e. The number of carboxylic acids is 1. The average molecular weight is 377 g/mol. The molecule has 23 heavy (non-hydrogen) atoms. The van der Waals surface area contributed by atoms with Gasteiger partial charge in [-0.05, 0) is 36.2 Å². The van der Waals surface area contributed by atoms with Crippen LogP contribution in [-0.2, 0) is 11.2 Å². The molecule has 122 valence electrons. The van der Waals surface area contributed by atoms with Crippen LogP contribution < -0.4 is 10.5 Å². The summed E-state index contributed by atoms with van der Waals surface area (Å²) in [6.07, 6.45) is 0.0834. The quantitative estimate of drug-likeness (QED) is 0.730. The van der Waals surface area contributed by atoms with Gasteiger partial charge in [-0.1, -0.05) is 34.8 Å². The highest BCUT2D eigenvalue weighted by Crippen LogP contribution is 2.39. The number of phenolic OH excluding ortho intramolecular Hbond substituents is 1. The van der Waals surface area contributed by atoms with Crippen molar-refractivity contribution in [2.75, 3.05) is 0 Å². The number of halogens is 3. The topological polar surface area (TPSA) is 92.8 Å². The van der Waals surface area contributed by atoms with Crippen molar-refractivity contribution in [2.24, 2.45) is 5.73 Å². The molecule has 2 aromatic carbocycles. The third-order valence-corrected chi connectivity index (χ3v) is 3.83. The van der Waals surface area contributed by atoms with Crippen LogP contribution in [0.4, 0.5) is 0 Å². The SMILES string of the molecule is N[C@@H](Cc1cc(Cl)c(Oc2ccc(O)c(Cl)c2)c(Cl)c1)C(=O)O. The van der Waals surface area contributed by atoms with Gasteiger partial charge >= 0.3 is 5.97 Å². The van der Waals surface area contributed by atoms with Gasteiger partial charge < -0.3 is 20.7 Å². The van der Waals surface area contributed by atoms with Crippen molar-refractivity contribution in [1.82, 2.24) is 0 Å². The molecule has 0 aliphatic rings. The summed E-state index contributed by atoms with van der Waals surface area (Å²) < 4.78 is 5.58. The van der Waals surface area contributed by atoms with E-state index in [0.29, 0.717) is 11.3 Å². The zero-order chi connectivity index (χ0) is 17.1. The number of hydrogen-bond donors (Lipinski definition) is 3. The molecule has 0 bridgehead atoms. The minimum Gasteiger partial charge on any atom is -0.506 e. The van der Waals surface area contributed by atoms with Crippen LogP contribution in [0.5, 0.6) is 17.2 Å². The van der Waals surface area contributed by atoms with Crippen molar-refractivity contribution in [1.29, 1.82) is 0 Å². The number of benzene rings is 2. The molecule has 0 radical (unpaired) electrons. The summed E-state index contributed by atoms with van der Waals surface area (Å²) in [7, 11) is 0. The average Bonchev–Trinajstić information content (AvgIpc) is 2.46. The van der Waals surface area contributed by atoms with Gasteiger partial charge in [-0.15, -0.1) is 0 Å². The summed E-state index contributed by atoms with van der Waals surface area (Å²) in [5.74, 6) is -0.653. The Morgan fingerprint density at radius 2 is 1.74 bits per heavy atom. The van der Waals surface area contributed by atoms with E-state index in [1.807, 2.05) is 0 Å². The molecule has 2 rings (SSSR count). The van der Waals surface area contributed by atoms with Crippen LogP contribution in [0.2, 0.25) is 15.1 Å². The molecule has 5 nitrogen and oxygen atoms in total. The van der Waals surface area contributed by atoms with Gasteiger partial charge in [0.15, 0.2) is 5.75 Å². The van der Waals surface area contributed by atoms with Gasteiger partial charge in [0.25, 0.3) is 0 Å². The predicted molar refractivity (Wildman–Crippen MR) is 89.0 cm³/mol. The molecule has 8 heteroatoms. The van der Waals surface area contributed by atoms with Crippen molar-refractivity contribution in [3.05, 3.63) is 51.0 Å². The summed E-state index contributed by atoms with van der Waals surface area (Å²) in [6.45, 7) is 0. The highest BCUT2D eigenvalue weighted by molar-refractivity contribution is 6.37. The van der Waals surface area contributed by atoms with Gasteiger partial charge in [0, 0.05) is 6.07 Å². The van der Waals surface area contributed by atoms with Crippen LogP contribution in [0.3, 0.4) is 0 Å². The van der Waals surface area contributed by atoms with Gasteiger partial charge in [-0.25, -0.2) is 0 Å². The number of aromatic hydroxyl groups is 1. The zero-order valence-electron chi connectivity index (χ0n) is 11.6. The van der Waals surface area contributed by atoms with Crippen LogP contribution in [0.1, 0.15) is 5.56 Å². The minimum atomic E-state index is -1.11. The molecular formula is C15H12Cl3NO4. The minimum absolute atomic E-state index is 0.0748. The van der Waals surface area contributed by atoms with Crippen molar-refractivity contribution in [2.45, 2.75) is 12.5 Å². The lowest BCUT2D eigenvalue weighted by Crippen LogP contribution is -2.32. The fourth-order valence-corrected chi connectivity index (χ4v) is 2.62. The first-order chi connectivity index (χ1) is 10.8. The van der Waals surface area contributed by atoms with Crippen molar-refractivity contribution >= 4 is 40.8 Å². The molecule has 0 saturated carbocycles. The molecule has 0 aliphatic carbocycles. The van der Waals surface area contributed by atoms with E-state index in [0.717, 1.165) is 0 Å². The Hall–Kier alpha value is -1.66. The van der Waals surface area contributed by atoms with Gasteiger partial charge in [0.1, 0.15) is 17.5 Å². The van der Waals surface area contributed by atoms with E-state index < -0.39 is 12.0 Å². The molecule has 0 spiro atoms. The molecule has 0 fully saturated rings. The second-order valence-corrected chi connectivity index (χ2v) is 5.97. The lowest BCUT2D eigenvalue weighted by molar-refractivity contribution is -0.138. The first kappa shape index (κ1) is 17.7. The second kappa shape index (κ2) is 7.27. The fraction of sp³-hybridized carbons (Fsp3) is 0.133. The predicted octanol–water partition coefficient (Wildman–Crippen LogP) is 4.10. The first-order valence-corrected chi connectivity index (χ1v) is 7.54. The molecule has 4 N–H and O–H groups in total. The summed E-state index contributed by atoms with van der Waals surface area (Å²) in [5, 5.41) is 18.7. The van der Waals surface area contributed by atoms with Crippen LogP contribution >= 0.6 is 34.8 Å². The molecule has 2 aromatic rings. The van der Waals surface area contributed by atoms with Crippen molar-refractivity contribution in [3.63, 3.8) is 0 Å². The number of carboxylic acid groups (broad SMARTS) is 1. The Kier molecular flexibility index (Phi) is 5.59. The van der Waals surface area contributed by atoms with E-state index in [-0.39, 0.29) is 33.0 Å². The van der Waals surface area contributed by atoms with E-state index in [2.05, 4.69) is 0 Å². The van der Waals surface area contributed by atoms with Crippen LogP contribution in [0.15, 0.2) is 30.3 Å². The Morgan fingerprint density at radius 1 is 1.13 bits per heavy atom. The molecule has 0 unspecified atom stereocenters. The number of rotatable bonds is 5. The summed E-state index contributed by atoms with van der Waals surface area (Å²) in [5.41, 5.74) is 6.06. The highest BCUT2D eigenvalue weighted by Gasteiger charge is 2.16. The standard InChI is InChI=1S/C15H12Cl3NO4/c16-9-6-8(1-2-13(9)20)23-14-10(17)3-7(4-11(14)18)5-12(19)15(21)22/h1-4,6,12,20H,5,19H2,(H,21,22)/t12-/m0/s1. The Bertz CT molecular complexity index is 728. The Labute approximate surface area is 147 Å². The Balaban J connectivity index is 2.26. The zero-order valence-corrected chi connectivity index (χ0v) is 13.9. The largest absolute Gasteiger partial charge is 0.506 e. The molecule has 1 atom stereocenters. The van der Waals surface area contributed by atoms with Gasteiger partial charge in [-0.2, -0.15) is 0 Å². The van der Waals surface area contributed by atoms with Gasteiger partial charge in [0.2, 0.25) is 0 Å². The monoisotopic (exact) mass is 375 g/mol. The first-order valence-electron chi connectivity index (χ1n) is 6.40. The lowest BCUT2D eigenvalue weighted by Gasteiger charge is -2.13. The maximum Gasteiger partial charge on any atom is 0.320 e. The van der Waals surface area contributed by atoms with E-state index in [9.17, 15) is 9.90 Å². The molecule has 0 aliphatic heterocycles. The fourth-order valence-electron chi connectivity index (χ4n) is 1.84. The summed E-state index contributed by atoms with van der Waals surface area (Å²) in [4.78, 5) is 10.8. The number of nitrogens with two attached hydrogens (primary N) is 1. The number of aliphatic carboxylic acids is 1. The summed E-state index contributed by atoms with van der Waals surface area (Å²) >= 11 is 18.1. The highest BCUT2D eigenvalue weighted by atomic mass is 35.5. The summed E-state index contributed by atoms with van der Waals surface area (Å²) in [6, 6.07) is 6.31. The van der Waals surface area contributed by atoms with Crippen molar-refractivity contribution in [3.8, 4) is 17.2 Å². The molecule has 0 aromatic heterocycles. The van der Waals surface area contributed by atoms with Crippen LogP contribution in [0, 0.1) is 0 Å². The van der Waals surface area contributed by atoms with E-state index in [4.69, 9.17) is 50.4 Å². The normalized spacial score (nSPS) is 12.0. The maximum absolute atomic E-state index is 10.8. The molecular weight excluding hydrogens is 365 g/mol. The maximum atomic E-state index is 10.8. The van der Waals surface area contributed by atoms with Gasteiger partial charge in [-0.3, -0.25) is 4.79 Å². The molecule has 0 saturated heterocycles. The lowest BCUT2D eigenvalue weighted by atomic mass is 10.1. The van der Waals surface area contributed by atoms with Crippen LogP contribution in [-0.4, -0.2) is 22.2 Å². The third kappa shape index (κ3) is 4.42. The number of hydrogen-bond acceptors (Lipinski definition) is 4. The van der Waals surface area contributed by atoms with Gasteiger partial charge in [0.05, 0.1) is 15.1 Å². The number of ether oxygens (including phenoxy) is 1. The molecule has 0 heterocycles.